The van der Waals surface area contributed by atoms with Gasteiger partial charge in [-0.3, -0.25) is 4.79 Å². The van der Waals surface area contributed by atoms with Crippen molar-refractivity contribution in [3.05, 3.63) is 17.0 Å². The Kier molecular flexibility index (Phi) is 3.47. The molecule has 1 fully saturated rings. The van der Waals surface area contributed by atoms with Crippen LogP contribution >= 0.6 is 0 Å². The molecule has 0 atom stereocenters. The summed E-state index contributed by atoms with van der Waals surface area (Å²) in [4.78, 5) is 14.2. The van der Waals surface area contributed by atoms with Gasteiger partial charge >= 0.3 is 0 Å². The lowest BCUT2D eigenvalue weighted by atomic mass is 10.0. The van der Waals surface area contributed by atoms with Gasteiger partial charge in [0, 0.05) is 13.1 Å². The van der Waals surface area contributed by atoms with Crippen LogP contribution in [0.25, 0.3) is 0 Å². The van der Waals surface area contributed by atoms with Crippen molar-refractivity contribution in [2.24, 2.45) is 0 Å². The normalized spacial score (nSPS) is 17.1. The lowest BCUT2D eigenvalue weighted by molar-refractivity contribution is 0.0701. The molecular weight excluding hydrogens is 218 g/mol. The number of carbonyl (C=O) groups is 1. The topological polar surface area (TPSA) is 58.4 Å². The van der Waals surface area contributed by atoms with Gasteiger partial charge < -0.3 is 14.7 Å². The van der Waals surface area contributed by atoms with E-state index in [0.29, 0.717) is 23.1 Å². The Morgan fingerprint density at radius 3 is 2.59 bits per heavy atom. The first-order valence-corrected chi connectivity index (χ1v) is 6.02. The van der Waals surface area contributed by atoms with Gasteiger partial charge in [0.15, 0.2) is 0 Å². The highest BCUT2D eigenvalue weighted by Gasteiger charge is 2.26. The number of amides is 1. The average Bonchev–Trinajstić information content (AvgIpc) is 2.68. The third-order valence-electron chi connectivity index (χ3n) is 3.42. The van der Waals surface area contributed by atoms with Crippen molar-refractivity contribution in [3.8, 4) is 0 Å². The van der Waals surface area contributed by atoms with E-state index in [2.05, 4.69) is 10.5 Å². The molecule has 94 valence electrons. The van der Waals surface area contributed by atoms with Crippen molar-refractivity contribution in [2.45, 2.75) is 32.7 Å². The van der Waals surface area contributed by atoms with E-state index in [1.165, 1.54) is 0 Å². The molecule has 0 bridgehead atoms. The molecule has 2 rings (SSSR count). The Morgan fingerprint density at radius 1 is 1.41 bits per heavy atom. The van der Waals surface area contributed by atoms with Crippen LogP contribution in [-0.2, 0) is 0 Å². The van der Waals surface area contributed by atoms with Gasteiger partial charge in [0.05, 0.1) is 5.69 Å². The molecule has 0 aliphatic carbocycles. The van der Waals surface area contributed by atoms with E-state index in [0.717, 1.165) is 25.9 Å². The number of hydrogen-bond acceptors (Lipinski definition) is 4. The maximum absolute atomic E-state index is 12.4. The summed E-state index contributed by atoms with van der Waals surface area (Å²) in [6, 6.07) is 0.317. The van der Waals surface area contributed by atoms with Crippen LogP contribution in [0.15, 0.2) is 4.52 Å². The third-order valence-corrected chi connectivity index (χ3v) is 3.42. The Bertz CT molecular complexity index is 388. The minimum absolute atomic E-state index is 0.0214. The van der Waals surface area contributed by atoms with Gasteiger partial charge in [0.25, 0.3) is 5.91 Å². The smallest absolute Gasteiger partial charge is 0.259 e. The van der Waals surface area contributed by atoms with Crippen molar-refractivity contribution in [1.82, 2.24) is 15.4 Å². The molecule has 1 aromatic rings. The number of rotatable bonds is 2. The predicted octanol–water partition coefficient (Wildman–Crippen LogP) is 1.12. The van der Waals surface area contributed by atoms with Crippen molar-refractivity contribution in [1.29, 1.82) is 0 Å². The van der Waals surface area contributed by atoms with Crippen LogP contribution < -0.4 is 5.32 Å². The van der Waals surface area contributed by atoms with Gasteiger partial charge in [-0.1, -0.05) is 5.16 Å². The number of carbonyl (C=O) groups excluding carboxylic acids is 1. The summed E-state index contributed by atoms with van der Waals surface area (Å²) in [6.45, 7) is 5.54. The fourth-order valence-corrected chi connectivity index (χ4v) is 2.32. The molecule has 5 heteroatoms. The highest BCUT2D eigenvalue weighted by molar-refractivity contribution is 5.96. The summed E-state index contributed by atoms with van der Waals surface area (Å²) in [5.74, 6) is 0.626. The van der Waals surface area contributed by atoms with Crippen LogP contribution in [0, 0.1) is 13.8 Å². The molecule has 1 N–H and O–H groups in total. The molecule has 1 saturated heterocycles. The van der Waals surface area contributed by atoms with E-state index in [4.69, 9.17) is 4.52 Å². The zero-order valence-electron chi connectivity index (χ0n) is 10.6. The maximum Gasteiger partial charge on any atom is 0.259 e. The van der Waals surface area contributed by atoms with Crippen LogP contribution in [0.3, 0.4) is 0 Å². The Labute approximate surface area is 101 Å². The molecule has 1 aliphatic heterocycles. The number of nitrogens with zero attached hydrogens (tertiary/aromatic N) is 2. The molecule has 1 aliphatic rings. The molecule has 1 amide bonds. The zero-order valence-corrected chi connectivity index (χ0v) is 10.6. The quantitative estimate of drug-likeness (QED) is 0.837. The number of hydrogen-bond donors (Lipinski definition) is 1. The first kappa shape index (κ1) is 12.1. The van der Waals surface area contributed by atoms with E-state index in [1.807, 2.05) is 11.9 Å². The van der Waals surface area contributed by atoms with Crippen LogP contribution in [0.2, 0.25) is 0 Å². The Morgan fingerprint density at radius 2 is 2.06 bits per heavy atom. The van der Waals surface area contributed by atoms with E-state index >= 15 is 0 Å². The van der Waals surface area contributed by atoms with E-state index in [-0.39, 0.29) is 5.91 Å². The van der Waals surface area contributed by atoms with Crippen LogP contribution in [0.1, 0.15) is 34.7 Å². The third kappa shape index (κ3) is 2.34. The fraction of sp³-hybridized carbons (Fsp3) is 0.667. The molecular formula is C12H19N3O2. The SMILES string of the molecule is Cc1noc(C)c1C(=O)N(C)C1CCNCC1. The van der Waals surface area contributed by atoms with Crippen LogP contribution in [0.5, 0.6) is 0 Å². The lowest BCUT2D eigenvalue weighted by Gasteiger charge is -2.31. The number of piperidine rings is 1. The molecule has 0 saturated carbocycles. The van der Waals surface area contributed by atoms with Crippen molar-refractivity contribution in [3.63, 3.8) is 0 Å². The second-order valence-corrected chi connectivity index (χ2v) is 4.60. The van der Waals surface area contributed by atoms with Crippen LogP contribution in [-0.4, -0.2) is 42.1 Å². The molecule has 0 radical (unpaired) electrons. The van der Waals surface area contributed by atoms with Crippen molar-refractivity contribution < 1.29 is 9.32 Å². The number of aromatic nitrogens is 1. The standard InChI is InChI=1S/C12H19N3O2/c1-8-11(9(2)17-14-8)12(16)15(3)10-4-6-13-7-5-10/h10,13H,4-7H2,1-3H3. The van der Waals surface area contributed by atoms with Gasteiger partial charge in [-0.25, -0.2) is 0 Å². The molecule has 17 heavy (non-hydrogen) atoms. The molecule has 0 aromatic carbocycles. The first-order valence-electron chi connectivity index (χ1n) is 6.02. The molecule has 1 aromatic heterocycles. The minimum Gasteiger partial charge on any atom is -0.361 e. The monoisotopic (exact) mass is 237 g/mol. The Balaban J connectivity index is 2.14. The number of aryl methyl sites for hydroxylation is 2. The summed E-state index contributed by atoms with van der Waals surface area (Å²) in [6.07, 6.45) is 2.01. The lowest BCUT2D eigenvalue weighted by Crippen LogP contribution is -2.44. The van der Waals surface area contributed by atoms with Crippen molar-refractivity contribution >= 4 is 5.91 Å². The fourth-order valence-electron chi connectivity index (χ4n) is 2.32. The zero-order chi connectivity index (χ0) is 12.4. The Hall–Kier alpha value is -1.36. The van der Waals surface area contributed by atoms with Gasteiger partial charge in [0.1, 0.15) is 11.3 Å². The molecule has 0 unspecified atom stereocenters. The highest BCUT2D eigenvalue weighted by atomic mass is 16.5. The van der Waals surface area contributed by atoms with Gasteiger partial charge in [0.2, 0.25) is 0 Å². The van der Waals surface area contributed by atoms with E-state index in [9.17, 15) is 4.79 Å². The van der Waals surface area contributed by atoms with Gasteiger partial charge in [-0.15, -0.1) is 0 Å². The second-order valence-electron chi connectivity index (χ2n) is 4.60. The molecule has 0 spiro atoms. The summed E-state index contributed by atoms with van der Waals surface area (Å²) in [5, 5.41) is 7.13. The molecule has 2 heterocycles. The number of nitrogens with one attached hydrogen (secondary N) is 1. The highest BCUT2D eigenvalue weighted by Crippen LogP contribution is 2.18. The minimum atomic E-state index is 0.0214. The van der Waals surface area contributed by atoms with Gasteiger partial charge in [-0.05, 0) is 39.8 Å². The summed E-state index contributed by atoms with van der Waals surface area (Å²) < 4.78 is 5.04. The first-order chi connectivity index (χ1) is 8.11. The van der Waals surface area contributed by atoms with Gasteiger partial charge in [-0.2, -0.15) is 0 Å². The molecule has 5 nitrogen and oxygen atoms in total. The predicted molar refractivity (Wildman–Crippen MR) is 64.0 cm³/mol. The summed E-state index contributed by atoms with van der Waals surface area (Å²) in [5.41, 5.74) is 1.29. The average molecular weight is 237 g/mol. The summed E-state index contributed by atoms with van der Waals surface area (Å²) in [7, 11) is 1.87. The largest absolute Gasteiger partial charge is 0.361 e. The second kappa shape index (κ2) is 4.87. The van der Waals surface area contributed by atoms with E-state index in [1.54, 1.807) is 13.8 Å². The van der Waals surface area contributed by atoms with Crippen LogP contribution in [0.4, 0.5) is 0 Å². The van der Waals surface area contributed by atoms with E-state index < -0.39 is 0 Å². The maximum atomic E-state index is 12.4. The summed E-state index contributed by atoms with van der Waals surface area (Å²) >= 11 is 0. The van der Waals surface area contributed by atoms with Crippen molar-refractivity contribution in [2.75, 3.05) is 20.1 Å².